The molecule has 1 aliphatic rings. The fourth-order valence-corrected chi connectivity index (χ4v) is 2.90. The summed E-state index contributed by atoms with van der Waals surface area (Å²) in [5, 5.41) is 11.9. The van der Waals surface area contributed by atoms with Crippen LogP contribution < -0.4 is 5.32 Å². The zero-order chi connectivity index (χ0) is 17.5. The summed E-state index contributed by atoms with van der Waals surface area (Å²) in [6.45, 7) is 8.88. The highest BCUT2D eigenvalue weighted by Gasteiger charge is 2.30. The minimum Gasteiger partial charge on any atom is -0.481 e. The first-order chi connectivity index (χ1) is 10.7. The largest absolute Gasteiger partial charge is 0.481 e. The van der Waals surface area contributed by atoms with Gasteiger partial charge in [-0.15, -0.1) is 0 Å². The molecule has 0 aromatic heterocycles. The highest BCUT2D eigenvalue weighted by atomic mass is 16.6. The molecule has 23 heavy (non-hydrogen) atoms. The Balaban J connectivity index is 2.59. The number of ether oxygens (including phenoxy) is 1. The normalized spacial score (nSPS) is 20.7. The Morgan fingerprint density at radius 1 is 1.30 bits per heavy atom. The molecule has 1 rings (SSSR count). The first kappa shape index (κ1) is 19.7. The fourth-order valence-electron chi connectivity index (χ4n) is 2.90. The van der Waals surface area contributed by atoms with Crippen molar-refractivity contribution in [2.24, 2.45) is 0 Å². The van der Waals surface area contributed by atoms with Crippen LogP contribution in [-0.4, -0.2) is 52.8 Å². The third-order valence-corrected chi connectivity index (χ3v) is 3.96. The van der Waals surface area contributed by atoms with Gasteiger partial charge in [-0.2, -0.15) is 0 Å². The SMILES string of the molecule is CC(CC1CCCCCN1C(=O)OC(C)(C)C)NCCC(=O)O. The van der Waals surface area contributed by atoms with Crippen LogP contribution >= 0.6 is 0 Å². The predicted molar refractivity (Wildman–Crippen MR) is 89.5 cm³/mol. The maximum Gasteiger partial charge on any atom is 0.410 e. The van der Waals surface area contributed by atoms with Crippen molar-refractivity contribution in [1.82, 2.24) is 10.2 Å². The summed E-state index contributed by atoms with van der Waals surface area (Å²) in [7, 11) is 0. The number of hydrogen-bond donors (Lipinski definition) is 2. The number of hydrogen-bond acceptors (Lipinski definition) is 4. The van der Waals surface area contributed by atoms with E-state index in [1.54, 1.807) is 0 Å². The predicted octanol–water partition coefficient (Wildman–Crippen LogP) is 3.01. The molecular formula is C17H32N2O4. The van der Waals surface area contributed by atoms with Gasteiger partial charge in [-0.05, 0) is 47.0 Å². The van der Waals surface area contributed by atoms with E-state index in [9.17, 15) is 9.59 Å². The summed E-state index contributed by atoms with van der Waals surface area (Å²) in [6.07, 6.45) is 4.94. The number of nitrogens with zero attached hydrogens (tertiary/aromatic N) is 1. The van der Waals surface area contributed by atoms with Crippen molar-refractivity contribution in [3.63, 3.8) is 0 Å². The van der Waals surface area contributed by atoms with Gasteiger partial charge in [0, 0.05) is 25.2 Å². The van der Waals surface area contributed by atoms with Crippen molar-refractivity contribution < 1.29 is 19.4 Å². The number of carboxylic acids is 1. The van der Waals surface area contributed by atoms with E-state index in [0.29, 0.717) is 6.54 Å². The molecular weight excluding hydrogens is 296 g/mol. The summed E-state index contributed by atoms with van der Waals surface area (Å²) < 4.78 is 5.55. The molecule has 0 aromatic carbocycles. The lowest BCUT2D eigenvalue weighted by molar-refractivity contribution is -0.136. The molecule has 6 nitrogen and oxygen atoms in total. The number of likely N-dealkylation sites (tertiary alicyclic amines) is 1. The van der Waals surface area contributed by atoms with Crippen LogP contribution in [0.2, 0.25) is 0 Å². The zero-order valence-corrected chi connectivity index (χ0v) is 14.9. The number of carboxylic acid groups (broad SMARTS) is 1. The molecule has 0 aliphatic carbocycles. The zero-order valence-electron chi connectivity index (χ0n) is 14.9. The van der Waals surface area contributed by atoms with E-state index >= 15 is 0 Å². The molecule has 1 saturated heterocycles. The number of amides is 1. The van der Waals surface area contributed by atoms with Gasteiger partial charge in [-0.1, -0.05) is 12.8 Å². The second-order valence-corrected chi connectivity index (χ2v) is 7.41. The Bertz CT molecular complexity index is 393. The van der Waals surface area contributed by atoms with Gasteiger partial charge < -0.3 is 20.1 Å². The molecule has 0 bridgehead atoms. The second-order valence-electron chi connectivity index (χ2n) is 7.41. The maximum absolute atomic E-state index is 12.5. The van der Waals surface area contributed by atoms with Gasteiger partial charge in [0.2, 0.25) is 0 Å². The highest BCUT2D eigenvalue weighted by molar-refractivity contribution is 5.68. The van der Waals surface area contributed by atoms with Crippen molar-refractivity contribution in [3.05, 3.63) is 0 Å². The van der Waals surface area contributed by atoms with Crippen molar-refractivity contribution >= 4 is 12.1 Å². The molecule has 2 unspecified atom stereocenters. The average molecular weight is 328 g/mol. The van der Waals surface area contributed by atoms with E-state index in [4.69, 9.17) is 9.84 Å². The Hall–Kier alpha value is -1.30. The van der Waals surface area contributed by atoms with Crippen molar-refractivity contribution in [2.75, 3.05) is 13.1 Å². The summed E-state index contributed by atoms with van der Waals surface area (Å²) >= 11 is 0. The van der Waals surface area contributed by atoms with E-state index in [-0.39, 0.29) is 24.6 Å². The van der Waals surface area contributed by atoms with E-state index < -0.39 is 11.6 Å². The van der Waals surface area contributed by atoms with Crippen molar-refractivity contribution in [1.29, 1.82) is 0 Å². The lowest BCUT2D eigenvalue weighted by atomic mass is 10.0. The van der Waals surface area contributed by atoms with E-state index in [0.717, 1.165) is 38.6 Å². The third kappa shape index (κ3) is 8.21. The summed E-state index contributed by atoms with van der Waals surface area (Å²) in [6, 6.07) is 0.321. The van der Waals surface area contributed by atoms with Crippen LogP contribution in [0.1, 0.15) is 66.2 Å². The van der Waals surface area contributed by atoms with Gasteiger partial charge in [0.15, 0.2) is 0 Å². The highest BCUT2D eigenvalue weighted by Crippen LogP contribution is 2.23. The average Bonchev–Trinajstić information content (AvgIpc) is 2.61. The van der Waals surface area contributed by atoms with Crippen LogP contribution in [0.5, 0.6) is 0 Å². The van der Waals surface area contributed by atoms with Crippen LogP contribution in [0.25, 0.3) is 0 Å². The summed E-state index contributed by atoms with van der Waals surface area (Å²) in [5.74, 6) is -0.797. The van der Waals surface area contributed by atoms with Crippen LogP contribution in [-0.2, 0) is 9.53 Å². The Kier molecular flexibility index (Phi) is 7.82. The lowest BCUT2D eigenvalue weighted by Gasteiger charge is -2.33. The van der Waals surface area contributed by atoms with Crippen molar-refractivity contribution in [2.45, 2.75) is 83.9 Å². The number of rotatable bonds is 6. The van der Waals surface area contributed by atoms with Gasteiger partial charge >= 0.3 is 12.1 Å². The standard InChI is InChI=1S/C17H32N2O4/c1-13(18-10-9-15(20)21)12-14-8-6-5-7-11-19(14)16(22)23-17(2,3)4/h13-14,18H,5-12H2,1-4H3,(H,20,21). The molecule has 1 aliphatic heterocycles. The fraction of sp³-hybridized carbons (Fsp3) is 0.882. The van der Waals surface area contributed by atoms with Crippen LogP contribution in [0.4, 0.5) is 4.79 Å². The Labute approximate surface area is 139 Å². The molecule has 1 fully saturated rings. The molecule has 1 amide bonds. The molecule has 2 N–H and O–H groups in total. The monoisotopic (exact) mass is 328 g/mol. The molecule has 2 atom stereocenters. The molecule has 0 radical (unpaired) electrons. The molecule has 1 heterocycles. The minimum absolute atomic E-state index is 0.116. The van der Waals surface area contributed by atoms with Gasteiger partial charge in [0.05, 0.1) is 6.42 Å². The topological polar surface area (TPSA) is 78.9 Å². The molecule has 0 saturated carbocycles. The van der Waals surface area contributed by atoms with Gasteiger partial charge in [-0.25, -0.2) is 4.79 Å². The van der Waals surface area contributed by atoms with Crippen molar-refractivity contribution in [3.8, 4) is 0 Å². The van der Waals surface area contributed by atoms with Crippen LogP contribution in [0.15, 0.2) is 0 Å². The third-order valence-electron chi connectivity index (χ3n) is 3.96. The Morgan fingerprint density at radius 3 is 2.61 bits per heavy atom. The van der Waals surface area contributed by atoms with Gasteiger partial charge in [0.25, 0.3) is 0 Å². The van der Waals surface area contributed by atoms with E-state index in [1.807, 2.05) is 32.6 Å². The second kappa shape index (κ2) is 9.11. The molecule has 6 heteroatoms. The quantitative estimate of drug-likeness (QED) is 0.783. The molecule has 0 spiro atoms. The summed E-state index contributed by atoms with van der Waals surface area (Å²) in [4.78, 5) is 24.9. The smallest absolute Gasteiger partial charge is 0.410 e. The number of aliphatic carboxylic acids is 1. The maximum atomic E-state index is 12.5. The van der Waals surface area contributed by atoms with Gasteiger partial charge in [0.1, 0.15) is 5.60 Å². The number of carbonyl (C=O) groups is 2. The summed E-state index contributed by atoms with van der Waals surface area (Å²) in [5.41, 5.74) is -0.487. The van der Waals surface area contributed by atoms with E-state index in [1.165, 1.54) is 0 Å². The minimum atomic E-state index is -0.797. The Morgan fingerprint density at radius 2 is 2.00 bits per heavy atom. The number of nitrogens with one attached hydrogen (secondary N) is 1. The first-order valence-corrected chi connectivity index (χ1v) is 8.64. The molecule has 0 aromatic rings. The van der Waals surface area contributed by atoms with Gasteiger partial charge in [-0.3, -0.25) is 4.79 Å². The molecule has 134 valence electrons. The lowest BCUT2D eigenvalue weighted by Crippen LogP contribution is -2.45. The van der Waals surface area contributed by atoms with E-state index in [2.05, 4.69) is 5.32 Å². The van der Waals surface area contributed by atoms with Crippen LogP contribution in [0, 0.1) is 0 Å². The van der Waals surface area contributed by atoms with Crippen LogP contribution in [0.3, 0.4) is 0 Å². The first-order valence-electron chi connectivity index (χ1n) is 8.64. The number of carbonyl (C=O) groups excluding carboxylic acids is 1.